The summed E-state index contributed by atoms with van der Waals surface area (Å²) in [7, 11) is 0. The van der Waals surface area contributed by atoms with Crippen LogP contribution in [0.3, 0.4) is 0 Å². The van der Waals surface area contributed by atoms with Crippen molar-refractivity contribution in [2.45, 2.75) is 37.3 Å². The Hall–Kier alpha value is -2.31. The lowest BCUT2D eigenvalue weighted by Crippen LogP contribution is -2.26. The highest BCUT2D eigenvalue weighted by Crippen LogP contribution is 2.24. The molecule has 1 aromatic heterocycles. The molecular formula is C21H25N3O2S. The Bertz CT molecular complexity index is 859. The normalized spacial score (nSPS) is 11.2. The van der Waals surface area contributed by atoms with Crippen molar-refractivity contribution in [1.82, 2.24) is 15.3 Å². The van der Waals surface area contributed by atoms with Crippen molar-refractivity contribution in [3.05, 3.63) is 59.7 Å². The molecule has 6 heteroatoms. The fraction of sp³-hybridized carbons (Fsp3) is 0.333. The number of rotatable bonds is 9. The molecule has 142 valence electrons. The summed E-state index contributed by atoms with van der Waals surface area (Å²) in [6.45, 7) is 5.28. The van der Waals surface area contributed by atoms with Gasteiger partial charge in [-0.25, -0.2) is 4.98 Å². The van der Waals surface area contributed by atoms with E-state index in [1.807, 2.05) is 62.4 Å². The number of hydrogen-bond donors (Lipinski definition) is 2. The van der Waals surface area contributed by atoms with E-state index in [-0.39, 0.29) is 12.0 Å². The fourth-order valence-corrected chi connectivity index (χ4v) is 3.59. The first-order valence-electron chi connectivity index (χ1n) is 9.19. The zero-order valence-corrected chi connectivity index (χ0v) is 16.5. The van der Waals surface area contributed by atoms with Crippen LogP contribution in [0, 0.1) is 0 Å². The summed E-state index contributed by atoms with van der Waals surface area (Å²) in [4.78, 5) is 20.4. The number of para-hydroxylation sites is 2. The number of carbonyl (C=O) groups is 1. The van der Waals surface area contributed by atoms with Crippen LogP contribution in [0.4, 0.5) is 0 Å². The molecule has 27 heavy (non-hydrogen) atoms. The van der Waals surface area contributed by atoms with E-state index in [1.165, 1.54) is 0 Å². The number of ether oxygens (including phenoxy) is 1. The zero-order valence-electron chi connectivity index (χ0n) is 15.7. The maximum absolute atomic E-state index is 12.5. The summed E-state index contributed by atoms with van der Waals surface area (Å²) in [5, 5.41) is 3.84. The third-order valence-electron chi connectivity index (χ3n) is 4.05. The molecule has 0 bridgehead atoms. The molecule has 0 aliphatic carbocycles. The molecule has 0 fully saturated rings. The lowest BCUT2D eigenvalue weighted by Gasteiger charge is -2.10. The van der Waals surface area contributed by atoms with Crippen LogP contribution in [0.1, 0.15) is 36.2 Å². The molecule has 1 heterocycles. The number of fused-ring (bicyclic) bond motifs is 1. The van der Waals surface area contributed by atoms with E-state index in [0.29, 0.717) is 24.5 Å². The Balaban J connectivity index is 1.57. The summed E-state index contributed by atoms with van der Waals surface area (Å²) in [5.74, 6) is 0.639. The van der Waals surface area contributed by atoms with Gasteiger partial charge >= 0.3 is 0 Å². The van der Waals surface area contributed by atoms with Crippen molar-refractivity contribution in [3.8, 4) is 0 Å². The first-order chi connectivity index (χ1) is 13.1. The van der Waals surface area contributed by atoms with Gasteiger partial charge in [-0.1, -0.05) is 42.1 Å². The molecule has 1 amide bonds. The van der Waals surface area contributed by atoms with Gasteiger partial charge in [-0.3, -0.25) is 4.79 Å². The maximum atomic E-state index is 12.5. The lowest BCUT2D eigenvalue weighted by atomic mass is 10.1. The second-order valence-electron chi connectivity index (χ2n) is 6.53. The number of aromatic nitrogens is 2. The Morgan fingerprint density at radius 3 is 2.78 bits per heavy atom. The number of imidazole rings is 1. The Kier molecular flexibility index (Phi) is 6.90. The van der Waals surface area contributed by atoms with Gasteiger partial charge in [0, 0.05) is 24.5 Å². The molecule has 0 aliphatic rings. The van der Waals surface area contributed by atoms with E-state index < -0.39 is 0 Å². The van der Waals surface area contributed by atoms with E-state index in [9.17, 15) is 4.79 Å². The average molecular weight is 384 g/mol. The minimum Gasteiger partial charge on any atom is -0.379 e. The molecule has 0 saturated carbocycles. The molecule has 3 rings (SSSR count). The van der Waals surface area contributed by atoms with Crippen LogP contribution in [0.2, 0.25) is 0 Å². The van der Waals surface area contributed by atoms with E-state index in [0.717, 1.165) is 28.2 Å². The van der Waals surface area contributed by atoms with Gasteiger partial charge in [-0.15, -0.1) is 0 Å². The maximum Gasteiger partial charge on any atom is 0.251 e. The number of nitrogens with one attached hydrogen (secondary N) is 2. The van der Waals surface area contributed by atoms with Crippen LogP contribution >= 0.6 is 11.8 Å². The Morgan fingerprint density at radius 2 is 1.96 bits per heavy atom. The standard InChI is InChI=1S/C21H25N3O2S/c1-15(2)26-13-7-12-22-20(25)17-9-4-3-8-16(17)14-27-21-23-18-10-5-6-11-19(18)24-21/h3-6,8-11,15H,7,12-14H2,1-2H3,(H,22,25)(H,23,24). The van der Waals surface area contributed by atoms with Crippen LogP contribution in [0.5, 0.6) is 0 Å². The molecule has 0 spiro atoms. The topological polar surface area (TPSA) is 67.0 Å². The third-order valence-corrected chi connectivity index (χ3v) is 4.97. The average Bonchev–Trinajstić information content (AvgIpc) is 3.09. The van der Waals surface area contributed by atoms with Crippen LogP contribution in [0.25, 0.3) is 11.0 Å². The van der Waals surface area contributed by atoms with Crippen molar-refractivity contribution < 1.29 is 9.53 Å². The van der Waals surface area contributed by atoms with E-state index >= 15 is 0 Å². The van der Waals surface area contributed by atoms with E-state index in [2.05, 4.69) is 15.3 Å². The number of H-pyrrole nitrogens is 1. The quantitative estimate of drug-likeness (QED) is 0.424. The summed E-state index contributed by atoms with van der Waals surface area (Å²) < 4.78 is 5.50. The van der Waals surface area contributed by atoms with Gasteiger partial charge in [0.2, 0.25) is 0 Å². The van der Waals surface area contributed by atoms with Gasteiger partial charge in [0.15, 0.2) is 5.16 Å². The highest BCUT2D eigenvalue weighted by atomic mass is 32.2. The molecule has 2 N–H and O–H groups in total. The van der Waals surface area contributed by atoms with Crippen molar-refractivity contribution >= 4 is 28.7 Å². The third kappa shape index (κ3) is 5.58. The number of benzene rings is 2. The SMILES string of the molecule is CC(C)OCCCNC(=O)c1ccccc1CSc1nc2ccccc2[nH]1. The molecule has 0 atom stereocenters. The van der Waals surface area contributed by atoms with Crippen LogP contribution < -0.4 is 5.32 Å². The van der Waals surface area contributed by atoms with Crippen molar-refractivity contribution in [3.63, 3.8) is 0 Å². The van der Waals surface area contributed by atoms with Gasteiger partial charge in [-0.05, 0) is 44.0 Å². The monoisotopic (exact) mass is 383 g/mol. The highest BCUT2D eigenvalue weighted by molar-refractivity contribution is 7.98. The number of amides is 1. The van der Waals surface area contributed by atoms with Gasteiger partial charge in [-0.2, -0.15) is 0 Å². The lowest BCUT2D eigenvalue weighted by molar-refractivity contribution is 0.0757. The summed E-state index contributed by atoms with van der Waals surface area (Å²) >= 11 is 1.60. The molecule has 0 unspecified atom stereocenters. The molecule has 0 radical (unpaired) electrons. The number of aromatic amines is 1. The number of hydrogen-bond acceptors (Lipinski definition) is 4. The molecular weight excluding hydrogens is 358 g/mol. The summed E-state index contributed by atoms with van der Waals surface area (Å²) in [6, 6.07) is 15.7. The van der Waals surface area contributed by atoms with Crippen molar-refractivity contribution in [1.29, 1.82) is 0 Å². The summed E-state index contributed by atoms with van der Waals surface area (Å²) in [5.41, 5.74) is 3.69. The predicted molar refractivity (Wildman–Crippen MR) is 110 cm³/mol. The predicted octanol–water partition coefficient (Wildman–Crippen LogP) is 4.40. The Labute approximate surface area is 163 Å². The van der Waals surface area contributed by atoms with E-state index in [1.54, 1.807) is 11.8 Å². The summed E-state index contributed by atoms with van der Waals surface area (Å²) in [6.07, 6.45) is 1.02. The number of carbonyl (C=O) groups excluding carboxylic acids is 1. The van der Waals surface area contributed by atoms with Gasteiger partial charge in [0.05, 0.1) is 17.1 Å². The number of nitrogens with zero attached hydrogens (tertiary/aromatic N) is 1. The van der Waals surface area contributed by atoms with Crippen LogP contribution in [-0.2, 0) is 10.5 Å². The highest BCUT2D eigenvalue weighted by Gasteiger charge is 2.12. The largest absolute Gasteiger partial charge is 0.379 e. The first kappa shape index (κ1) is 19.5. The molecule has 5 nitrogen and oxygen atoms in total. The molecule has 2 aromatic carbocycles. The molecule has 3 aromatic rings. The van der Waals surface area contributed by atoms with Gasteiger partial charge < -0.3 is 15.0 Å². The van der Waals surface area contributed by atoms with Crippen molar-refractivity contribution in [2.75, 3.05) is 13.2 Å². The van der Waals surface area contributed by atoms with Crippen LogP contribution in [0.15, 0.2) is 53.7 Å². The van der Waals surface area contributed by atoms with E-state index in [4.69, 9.17) is 4.74 Å². The first-order valence-corrected chi connectivity index (χ1v) is 10.2. The fourth-order valence-electron chi connectivity index (χ4n) is 2.70. The second-order valence-corrected chi connectivity index (χ2v) is 7.50. The molecule has 0 aliphatic heterocycles. The number of thioether (sulfide) groups is 1. The minimum atomic E-state index is -0.0413. The molecule has 0 saturated heterocycles. The second kappa shape index (κ2) is 9.58. The smallest absolute Gasteiger partial charge is 0.251 e. The van der Waals surface area contributed by atoms with Crippen molar-refractivity contribution in [2.24, 2.45) is 0 Å². The van der Waals surface area contributed by atoms with Crippen LogP contribution in [-0.4, -0.2) is 35.1 Å². The van der Waals surface area contributed by atoms with Gasteiger partial charge in [0.25, 0.3) is 5.91 Å². The minimum absolute atomic E-state index is 0.0413. The van der Waals surface area contributed by atoms with Gasteiger partial charge in [0.1, 0.15) is 0 Å². The zero-order chi connectivity index (χ0) is 19.1. The Morgan fingerprint density at radius 1 is 1.19 bits per heavy atom.